The minimum Gasteiger partial charge on any atom is -0.352 e. The molecule has 0 radical (unpaired) electrons. The summed E-state index contributed by atoms with van der Waals surface area (Å²) in [5.74, 6) is -1.17. The number of amidine groups is 3. The van der Waals surface area contributed by atoms with Crippen LogP contribution in [0, 0.1) is 17.5 Å². The number of benzene rings is 5. The first kappa shape index (κ1) is 71.2. The molecule has 0 saturated heterocycles. The summed E-state index contributed by atoms with van der Waals surface area (Å²) in [5.41, 5.74) is 6.35. The van der Waals surface area contributed by atoms with E-state index < -0.39 is 41.5 Å². The van der Waals surface area contributed by atoms with Crippen LogP contribution in [0.5, 0.6) is 0 Å². The number of allylic oxidation sites excluding steroid dienone is 3. The van der Waals surface area contributed by atoms with Crippen molar-refractivity contribution in [1.82, 2.24) is 46.4 Å². The highest BCUT2D eigenvalue weighted by Gasteiger charge is 2.38. The molecule has 11 rings (SSSR count). The van der Waals surface area contributed by atoms with Gasteiger partial charge in [-0.05, 0) is 101 Å². The van der Waals surface area contributed by atoms with E-state index >= 15 is 0 Å². The average Bonchev–Trinajstić information content (AvgIpc) is 0.953. The van der Waals surface area contributed by atoms with Gasteiger partial charge in [-0.25, -0.2) is 28.1 Å². The van der Waals surface area contributed by atoms with Crippen LogP contribution >= 0.6 is 80.4 Å². The number of thiazole rings is 3. The Balaban J connectivity index is 0.000000177. The maximum atomic E-state index is 13.8. The number of carbonyl (C=O) groups is 5. The molecule has 5 N–H and O–H groups in total. The van der Waals surface area contributed by atoms with E-state index in [0.29, 0.717) is 84.0 Å². The second kappa shape index (κ2) is 32.9. The van der Waals surface area contributed by atoms with Gasteiger partial charge in [0.2, 0.25) is 11.1 Å². The fourth-order valence-electron chi connectivity index (χ4n) is 10.0. The first-order valence-corrected chi connectivity index (χ1v) is 33.0. The van der Waals surface area contributed by atoms with Crippen LogP contribution in [0.3, 0.4) is 0 Å². The van der Waals surface area contributed by atoms with Crippen LogP contribution in [0.1, 0.15) is 128 Å². The Labute approximate surface area is 572 Å². The van der Waals surface area contributed by atoms with E-state index in [1.165, 1.54) is 95.2 Å². The van der Waals surface area contributed by atoms with Crippen molar-refractivity contribution in [3.05, 3.63) is 259 Å². The van der Waals surface area contributed by atoms with E-state index in [2.05, 4.69) is 58.1 Å². The average molecular weight is 1410 g/mol. The molecule has 0 aliphatic carbocycles. The molecule has 94 heavy (non-hydrogen) atoms. The maximum absolute atomic E-state index is 13.8. The molecule has 17 nitrogen and oxygen atoms in total. The topological polar surface area (TPSA) is 224 Å². The number of nitrogens with zero attached hydrogens (tertiary/aromatic N) is 7. The summed E-state index contributed by atoms with van der Waals surface area (Å²) in [4.78, 5) is 89.8. The van der Waals surface area contributed by atoms with Crippen LogP contribution in [0.25, 0.3) is 0 Å². The Morgan fingerprint density at radius 2 is 0.904 bits per heavy atom. The number of likely N-dealkylation sites (N-methyl/N-ethyl adjacent to an activating group) is 1. The van der Waals surface area contributed by atoms with Gasteiger partial charge in [-0.2, -0.15) is 0 Å². The van der Waals surface area contributed by atoms with E-state index in [9.17, 15) is 37.1 Å². The number of halogens is 7. The highest BCUT2D eigenvalue weighted by atomic mass is 35.5. The third-order valence-corrected chi connectivity index (χ3v) is 17.6. The largest absolute Gasteiger partial charge is 0.352 e. The van der Waals surface area contributed by atoms with Crippen molar-refractivity contribution in [3.8, 4) is 0 Å². The predicted molar refractivity (Wildman–Crippen MR) is 367 cm³/mol. The third kappa shape index (κ3) is 17.8. The molecule has 0 bridgehead atoms. The molecule has 4 amide bonds. The van der Waals surface area contributed by atoms with Crippen molar-refractivity contribution < 1.29 is 37.1 Å². The minimum absolute atomic E-state index is 0.137. The number of amides is 4. The number of hydrogen-bond donors (Lipinski definition) is 5. The Morgan fingerprint density at radius 3 is 1.26 bits per heavy atom. The van der Waals surface area contributed by atoms with Gasteiger partial charge in [-0.1, -0.05) is 114 Å². The Bertz CT molecular complexity index is 4270. The fourth-order valence-corrected chi connectivity index (χ4v) is 12.6. The van der Waals surface area contributed by atoms with Crippen LogP contribution in [-0.4, -0.2) is 72.8 Å². The molecule has 3 aromatic heterocycles. The lowest BCUT2D eigenvalue weighted by atomic mass is 9.94. The molecule has 3 aliphatic rings. The minimum atomic E-state index is -0.856. The van der Waals surface area contributed by atoms with E-state index in [1.807, 2.05) is 99.1 Å². The van der Waals surface area contributed by atoms with Gasteiger partial charge in [0.25, 0.3) is 17.7 Å². The van der Waals surface area contributed by atoms with Gasteiger partial charge in [0.1, 0.15) is 35.6 Å². The summed E-state index contributed by atoms with van der Waals surface area (Å²) < 4.78 is 40.9. The Morgan fingerprint density at radius 1 is 0.543 bits per heavy atom. The van der Waals surface area contributed by atoms with E-state index in [-0.39, 0.29) is 55.7 Å². The molecule has 3 aliphatic heterocycles. The second-order valence-electron chi connectivity index (χ2n) is 20.8. The van der Waals surface area contributed by atoms with Crippen LogP contribution in [0.2, 0.25) is 15.1 Å². The van der Waals surface area contributed by atoms with Crippen molar-refractivity contribution in [2.45, 2.75) is 85.6 Å². The smallest absolute Gasteiger partial charge is 0.251 e. The molecule has 8 aromatic rings. The van der Waals surface area contributed by atoms with Gasteiger partial charge in [-0.3, -0.25) is 43.8 Å². The summed E-state index contributed by atoms with van der Waals surface area (Å²) >= 11 is 27.8. The van der Waals surface area contributed by atoms with Crippen LogP contribution in [-0.2, 0) is 24.0 Å². The first-order valence-electron chi connectivity index (χ1n) is 28.9. The van der Waals surface area contributed by atoms with Gasteiger partial charge in [-0.15, -0.1) is 34.0 Å². The van der Waals surface area contributed by atoms with Gasteiger partial charge in [0.15, 0.2) is 32.5 Å². The molecule has 0 saturated carbocycles. The van der Waals surface area contributed by atoms with E-state index in [4.69, 9.17) is 44.8 Å². The van der Waals surface area contributed by atoms with Crippen LogP contribution in [0.15, 0.2) is 199 Å². The van der Waals surface area contributed by atoms with Crippen LogP contribution in [0.4, 0.5) is 13.2 Å². The van der Waals surface area contributed by atoms with Crippen molar-refractivity contribution in [3.63, 3.8) is 0 Å². The summed E-state index contributed by atoms with van der Waals surface area (Å²) in [6.45, 7) is 14.1. The van der Waals surface area contributed by atoms with Gasteiger partial charge in [0.05, 0.1) is 28.8 Å². The SMILES string of the molecule is CC(=O)Cl.CC(=O)N1C(c2nccs2)=N[C@@H](c2ccc(F)cc2Cl)C(C(=O)N[C@H](C)c2ccccc2)=C1C.CC1=C(C(=O)N[C@H](C)c2ccccc2)[C@H](c2ccc(F)cc2Cl)N=C(c2nccs2)N1.CCNC(=O)C1=C(C)NC(c2nccs2)=N[C@H]1c1ccc(F)cc1Cl. The van der Waals surface area contributed by atoms with E-state index in [0.717, 1.165) is 11.1 Å². The monoisotopic (exact) mass is 1410 g/mol. The highest BCUT2D eigenvalue weighted by molar-refractivity contribution is 7.12. The molecule has 6 heterocycles. The fraction of sp³-hybridized carbons (Fsp3) is 0.209. The molecule has 5 atom stereocenters. The Kier molecular flexibility index (Phi) is 24.9. The predicted octanol–water partition coefficient (Wildman–Crippen LogP) is 14.8. The third-order valence-electron chi connectivity index (χ3n) is 14.3. The number of nitrogens with one attached hydrogen (secondary N) is 5. The number of aliphatic imine (C=N–C) groups is 3. The molecular weight excluding hydrogens is 1350 g/mol. The molecular formula is C67H61Cl4F3N12O5S3. The second-order valence-corrected chi connectivity index (χ2v) is 25.3. The molecule has 5 aromatic carbocycles. The number of aromatic nitrogens is 3. The molecule has 486 valence electrons. The number of hydrogen-bond acceptors (Lipinski definition) is 16. The van der Waals surface area contributed by atoms with Crippen molar-refractivity contribution in [2.24, 2.45) is 15.0 Å². The highest BCUT2D eigenvalue weighted by Crippen LogP contribution is 2.41. The summed E-state index contributed by atoms with van der Waals surface area (Å²) in [7, 11) is 0. The molecule has 0 unspecified atom stereocenters. The maximum Gasteiger partial charge on any atom is 0.251 e. The van der Waals surface area contributed by atoms with Crippen molar-refractivity contribution in [1.29, 1.82) is 0 Å². The lowest BCUT2D eigenvalue weighted by Gasteiger charge is -2.33. The van der Waals surface area contributed by atoms with Crippen molar-refractivity contribution >= 4 is 127 Å². The number of rotatable bonds is 14. The lowest BCUT2D eigenvalue weighted by molar-refractivity contribution is -0.124. The number of carbonyl (C=O) groups excluding carboxylic acids is 5. The zero-order valence-corrected chi connectivity index (χ0v) is 57.0. The summed E-state index contributed by atoms with van der Waals surface area (Å²) in [6.07, 6.45) is 4.98. The van der Waals surface area contributed by atoms with Gasteiger partial charge in [0, 0.05) is 104 Å². The van der Waals surface area contributed by atoms with Crippen molar-refractivity contribution in [2.75, 3.05) is 6.54 Å². The molecule has 0 spiro atoms. The molecule has 27 heteroatoms. The van der Waals surface area contributed by atoms with Gasteiger partial charge < -0.3 is 26.6 Å². The normalized spacial score (nSPS) is 16.5. The molecule has 0 fully saturated rings. The zero-order chi connectivity index (χ0) is 67.9. The first-order chi connectivity index (χ1) is 44.9. The summed E-state index contributed by atoms with van der Waals surface area (Å²) in [6, 6.07) is 28.7. The van der Waals surface area contributed by atoms with Crippen LogP contribution < -0.4 is 26.6 Å². The standard InChI is InChI=1S/C25H22ClFN4O2S.C23H20ClFN4OS.C17H16ClFN4OS.C2H3ClO/c1-14(17-7-5-4-6-8-17)29-24(33)21-15(2)31(16(3)32)23(25-28-11-12-34-25)30-22(21)19-10-9-18(27)13-20(19)26;1-13(15-6-4-3-5-7-15)28-22(30)19-14(2)27-21(23-26-10-11-31-23)29-20(19)17-9-8-16(25)12-18(17)24;1-3-20-16(24)13-9(2)22-15(17-21-6-7-25-17)23-14(13)11-5-4-10(19)8-12(11)18;1-2(3)4/h4-14,22H,1-3H3,(H,29,33);3-13,20H,1-2H3,(H,27,29)(H,28,30);4-8,14H,3H2,1-2H3,(H,20,24)(H,22,23);1H3/t14-,22+;13-,20+;14-;/m110./s1. The zero-order valence-electron chi connectivity index (χ0n) is 51.6. The lowest BCUT2D eigenvalue weighted by Crippen LogP contribution is -2.42. The Hall–Kier alpha value is -8.68. The van der Waals surface area contributed by atoms with Gasteiger partial charge >= 0.3 is 0 Å². The summed E-state index contributed by atoms with van der Waals surface area (Å²) in [5, 5.41) is 22.8. The van der Waals surface area contributed by atoms with E-state index in [1.54, 1.807) is 50.0 Å². The quantitative estimate of drug-likeness (QED) is 0.0648.